The van der Waals surface area contributed by atoms with Crippen LogP contribution in [0.15, 0.2) is 60.7 Å². The second kappa shape index (κ2) is 8.50. The fraction of sp³-hybridized carbons (Fsp3) is 0.435. The van der Waals surface area contributed by atoms with E-state index in [2.05, 4.69) is 67.3 Å². The van der Waals surface area contributed by atoms with Crippen LogP contribution in [0.3, 0.4) is 0 Å². The van der Waals surface area contributed by atoms with Crippen molar-refractivity contribution in [1.29, 1.82) is 0 Å². The summed E-state index contributed by atoms with van der Waals surface area (Å²) in [6, 6.07) is 20.9. The van der Waals surface area contributed by atoms with Crippen LogP contribution in [-0.4, -0.2) is 54.6 Å². The first kappa shape index (κ1) is 18.7. The molecule has 1 aliphatic heterocycles. The largest absolute Gasteiger partial charge is 0.331 e. The van der Waals surface area contributed by atoms with Crippen molar-refractivity contribution in [2.75, 3.05) is 39.3 Å². The molecule has 26 heavy (non-hydrogen) atoms. The first-order valence-corrected chi connectivity index (χ1v) is 9.90. The third-order valence-corrected chi connectivity index (χ3v) is 6.17. The number of benzene rings is 2. The maximum atomic E-state index is 13.1. The van der Waals surface area contributed by atoms with Gasteiger partial charge in [-0.15, -0.1) is 0 Å². The summed E-state index contributed by atoms with van der Waals surface area (Å²) in [5.41, 5.74) is 2.44. The Hall–Kier alpha value is -2.13. The van der Waals surface area contributed by atoms with Gasteiger partial charge >= 0.3 is 0 Å². The van der Waals surface area contributed by atoms with E-state index in [9.17, 15) is 4.79 Å². The predicted octanol–water partition coefficient (Wildman–Crippen LogP) is 3.91. The highest BCUT2D eigenvalue weighted by atomic mass is 16.2. The van der Waals surface area contributed by atoms with Gasteiger partial charge in [-0.25, -0.2) is 0 Å². The molecule has 0 bridgehead atoms. The molecular formula is C23H31N2O+. The van der Waals surface area contributed by atoms with E-state index in [0.717, 1.165) is 43.8 Å². The third-order valence-electron chi connectivity index (χ3n) is 6.17. The van der Waals surface area contributed by atoms with Gasteiger partial charge in [0, 0.05) is 12.3 Å². The molecule has 0 aromatic heterocycles. The maximum absolute atomic E-state index is 13.1. The number of carbonyl (C=O) groups is 1. The fourth-order valence-corrected chi connectivity index (χ4v) is 4.10. The van der Waals surface area contributed by atoms with Gasteiger partial charge in [0.25, 0.3) is 0 Å². The number of carbonyl (C=O) groups excluding carboxylic acids is 1. The molecule has 0 saturated carbocycles. The van der Waals surface area contributed by atoms with Gasteiger partial charge < -0.3 is 9.38 Å². The van der Waals surface area contributed by atoms with Crippen LogP contribution in [0.1, 0.15) is 37.3 Å². The van der Waals surface area contributed by atoms with E-state index in [4.69, 9.17) is 0 Å². The van der Waals surface area contributed by atoms with E-state index in [1.54, 1.807) is 0 Å². The molecule has 2 aromatic rings. The van der Waals surface area contributed by atoms with Crippen LogP contribution >= 0.6 is 0 Å². The minimum Gasteiger partial charge on any atom is -0.331 e. The zero-order valence-electron chi connectivity index (χ0n) is 16.1. The first-order valence-electron chi connectivity index (χ1n) is 9.90. The number of nitrogens with zero attached hydrogens (tertiary/aromatic N) is 2. The summed E-state index contributed by atoms with van der Waals surface area (Å²) in [5, 5.41) is 0. The molecule has 0 spiro atoms. The molecule has 138 valence electrons. The van der Waals surface area contributed by atoms with Crippen molar-refractivity contribution in [1.82, 2.24) is 4.90 Å². The number of quaternary nitrogens is 1. The van der Waals surface area contributed by atoms with Crippen LogP contribution in [0.25, 0.3) is 0 Å². The lowest BCUT2D eigenvalue weighted by molar-refractivity contribution is -0.928. The smallest absolute Gasteiger partial charge is 0.223 e. The first-order chi connectivity index (χ1) is 12.7. The molecule has 1 aliphatic rings. The number of hydrogen-bond donors (Lipinski definition) is 0. The number of hydrogen-bond acceptors (Lipinski definition) is 1. The summed E-state index contributed by atoms with van der Waals surface area (Å²) in [6.07, 6.45) is 0.548. The molecule has 0 aliphatic carbocycles. The maximum Gasteiger partial charge on any atom is 0.223 e. The molecule has 1 heterocycles. The van der Waals surface area contributed by atoms with Crippen molar-refractivity contribution in [3.8, 4) is 0 Å². The third kappa shape index (κ3) is 4.16. The number of piperazine rings is 1. The predicted molar refractivity (Wildman–Crippen MR) is 107 cm³/mol. The summed E-state index contributed by atoms with van der Waals surface area (Å²) in [7, 11) is 0. The second-order valence-corrected chi connectivity index (χ2v) is 7.38. The van der Waals surface area contributed by atoms with Crippen LogP contribution in [-0.2, 0) is 4.79 Å². The Kier molecular flexibility index (Phi) is 6.10. The van der Waals surface area contributed by atoms with E-state index in [1.165, 1.54) is 11.1 Å². The number of likely N-dealkylation sites (N-methyl/N-ethyl adjacent to an activating group) is 1. The molecule has 0 unspecified atom stereocenters. The van der Waals surface area contributed by atoms with Crippen LogP contribution in [0, 0.1) is 0 Å². The van der Waals surface area contributed by atoms with E-state index in [0.29, 0.717) is 6.42 Å². The summed E-state index contributed by atoms with van der Waals surface area (Å²) in [6.45, 7) is 10.8. The Morgan fingerprint density at radius 1 is 0.885 bits per heavy atom. The average Bonchev–Trinajstić information content (AvgIpc) is 2.73. The zero-order valence-corrected chi connectivity index (χ0v) is 16.1. The van der Waals surface area contributed by atoms with Gasteiger partial charge in [-0.05, 0) is 25.0 Å². The van der Waals surface area contributed by atoms with Crippen LogP contribution < -0.4 is 0 Å². The Bertz CT molecular complexity index is 645. The molecule has 3 nitrogen and oxygen atoms in total. The monoisotopic (exact) mass is 351 g/mol. The van der Waals surface area contributed by atoms with E-state index in [-0.39, 0.29) is 11.8 Å². The van der Waals surface area contributed by atoms with Gasteiger partial charge in [-0.1, -0.05) is 60.7 Å². The molecule has 2 aromatic carbocycles. The Morgan fingerprint density at radius 3 is 1.77 bits per heavy atom. The highest BCUT2D eigenvalue weighted by molar-refractivity contribution is 5.78. The van der Waals surface area contributed by atoms with Crippen LogP contribution in [0.5, 0.6) is 0 Å². The molecule has 0 radical (unpaired) electrons. The summed E-state index contributed by atoms with van der Waals surface area (Å²) in [5.74, 6) is 0.413. The summed E-state index contributed by atoms with van der Waals surface area (Å²) in [4.78, 5) is 15.1. The minimum absolute atomic E-state index is 0.128. The summed E-state index contributed by atoms with van der Waals surface area (Å²) >= 11 is 0. The Labute approximate surface area is 157 Å². The van der Waals surface area contributed by atoms with Crippen LogP contribution in [0.2, 0.25) is 0 Å². The van der Waals surface area contributed by atoms with Crippen LogP contribution in [0.4, 0.5) is 0 Å². The van der Waals surface area contributed by atoms with Gasteiger partial charge in [-0.2, -0.15) is 0 Å². The van der Waals surface area contributed by atoms with Crippen molar-refractivity contribution in [2.24, 2.45) is 0 Å². The lowest BCUT2D eigenvalue weighted by Gasteiger charge is -2.44. The van der Waals surface area contributed by atoms with Gasteiger partial charge in [-0.3, -0.25) is 4.79 Å². The quantitative estimate of drug-likeness (QED) is 0.723. The number of amides is 1. The molecule has 0 N–H and O–H groups in total. The Balaban J connectivity index is 1.73. The lowest BCUT2D eigenvalue weighted by Crippen LogP contribution is -2.60. The number of rotatable bonds is 6. The van der Waals surface area contributed by atoms with Crippen molar-refractivity contribution in [3.63, 3.8) is 0 Å². The lowest BCUT2D eigenvalue weighted by atomic mass is 9.88. The molecule has 3 heteroatoms. The topological polar surface area (TPSA) is 20.3 Å². The standard InChI is InChI=1S/C23H31N2O/c1-3-25(4-2)17-15-24(16-18-25)23(26)19-22(20-11-7-5-8-12-20)21-13-9-6-10-14-21/h5-14,22H,3-4,15-19H2,1-2H3/q+1. The SMILES string of the molecule is CC[N+]1(CC)CCN(C(=O)CC(c2ccccc2)c2ccccc2)CC1. The normalized spacial score (nSPS) is 16.7. The van der Waals surface area contributed by atoms with Gasteiger partial charge in [0.1, 0.15) is 0 Å². The fourth-order valence-electron chi connectivity index (χ4n) is 4.10. The Morgan fingerprint density at radius 2 is 1.35 bits per heavy atom. The van der Waals surface area contributed by atoms with Gasteiger partial charge in [0.05, 0.1) is 39.3 Å². The van der Waals surface area contributed by atoms with Crippen molar-refractivity contribution in [2.45, 2.75) is 26.2 Å². The summed E-state index contributed by atoms with van der Waals surface area (Å²) < 4.78 is 1.14. The highest BCUT2D eigenvalue weighted by Gasteiger charge is 2.32. The van der Waals surface area contributed by atoms with Gasteiger partial charge in [0.2, 0.25) is 5.91 Å². The van der Waals surface area contributed by atoms with Crippen molar-refractivity contribution >= 4 is 5.91 Å². The van der Waals surface area contributed by atoms with E-state index < -0.39 is 0 Å². The molecule has 3 rings (SSSR count). The molecule has 1 fully saturated rings. The molecule has 1 amide bonds. The highest BCUT2D eigenvalue weighted by Crippen LogP contribution is 2.29. The average molecular weight is 352 g/mol. The molecular weight excluding hydrogens is 320 g/mol. The minimum atomic E-state index is 0.128. The van der Waals surface area contributed by atoms with Crippen molar-refractivity contribution < 1.29 is 9.28 Å². The molecule has 1 saturated heterocycles. The van der Waals surface area contributed by atoms with E-state index in [1.807, 2.05) is 12.1 Å². The van der Waals surface area contributed by atoms with Crippen molar-refractivity contribution in [3.05, 3.63) is 71.8 Å². The molecule has 0 atom stereocenters. The zero-order chi connectivity index (χ0) is 18.4. The van der Waals surface area contributed by atoms with E-state index >= 15 is 0 Å². The van der Waals surface area contributed by atoms with Gasteiger partial charge in [0.15, 0.2) is 0 Å². The second-order valence-electron chi connectivity index (χ2n) is 7.38.